The van der Waals surface area contributed by atoms with Gasteiger partial charge in [0.05, 0.1) is 11.6 Å². The van der Waals surface area contributed by atoms with Gasteiger partial charge in [0, 0.05) is 13.6 Å². The van der Waals surface area contributed by atoms with E-state index in [0.717, 1.165) is 35.6 Å². The van der Waals surface area contributed by atoms with Crippen LogP contribution in [0.1, 0.15) is 31.8 Å². The highest BCUT2D eigenvalue weighted by molar-refractivity contribution is 6.16. The molecule has 0 fully saturated rings. The second kappa shape index (κ2) is 4.69. The Morgan fingerprint density at radius 3 is 2.71 bits per heavy atom. The van der Waals surface area contributed by atoms with E-state index in [1.54, 1.807) is 0 Å². The fourth-order valence-corrected chi connectivity index (χ4v) is 2.32. The molecule has 1 atom stereocenters. The van der Waals surface area contributed by atoms with E-state index in [2.05, 4.69) is 28.5 Å². The Bertz CT molecular complexity index is 526. The first-order valence-electron chi connectivity index (χ1n) is 6.03. The quantitative estimate of drug-likeness (QED) is 0.787. The Labute approximate surface area is 107 Å². The summed E-state index contributed by atoms with van der Waals surface area (Å²) in [5.74, 6) is 2.01. The summed E-state index contributed by atoms with van der Waals surface area (Å²) in [6.07, 6.45) is 1.15. The molecule has 0 amide bonds. The van der Waals surface area contributed by atoms with E-state index >= 15 is 0 Å². The highest BCUT2D eigenvalue weighted by Gasteiger charge is 2.17. The fourth-order valence-electron chi connectivity index (χ4n) is 2.11. The third kappa shape index (κ3) is 2.06. The van der Waals surface area contributed by atoms with E-state index in [1.807, 2.05) is 18.7 Å². The molecule has 0 saturated carbocycles. The van der Waals surface area contributed by atoms with Crippen molar-refractivity contribution in [1.29, 1.82) is 0 Å². The van der Waals surface area contributed by atoms with Gasteiger partial charge in [-0.05, 0) is 12.8 Å². The van der Waals surface area contributed by atoms with Gasteiger partial charge in [-0.1, -0.05) is 20.3 Å². The molecule has 0 aliphatic heterocycles. The number of hydrogen-bond donors (Lipinski definition) is 0. The molecule has 4 nitrogen and oxygen atoms in total. The fraction of sp³-hybridized carbons (Fsp3) is 0.667. The van der Waals surface area contributed by atoms with E-state index in [0.29, 0.717) is 11.8 Å². The summed E-state index contributed by atoms with van der Waals surface area (Å²) < 4.78 is 4.10. The standard InChI is InChI=1S/C12H19ClN4/c1-5-8(2)7-17-10(6-13)14-11-9(3)15-16(4)12(11)17/h8H,5-7H2,1-4H3. The Hall–Kier alpha value is -1.03. The van der Waals surface area contributed by atoms with Gasteiger partial charge in [-0.15, -0.1) is 11.6 Å². The van der Waals surface area contributed by atoms with Crippen molar-refractivity contribution in [1.82, 2.24) is 19.3 Å². The lowest BCUT2D eigenvalue weighted by atomic mass is 10.1. The predicted octanol–water partition coefficient (Wildman–Crippen LogP) is 2.86. The smallest absolute Gasteiger partial charge is 0.158 e. The molecule has 5 heteroatoms. The van der Waals surface area contributed by atoms with Crippen molar-refractivity contribution in [2.75, 3.05) is 0 Å². The first kappa shape index (κ1) is 12.4. The van der Waals surface area contributed by atoms with Crippen LogP contribution >= 0.6 is 11.6 Å². The Kier molecular flexibility index (Phi) is 3.43. The summed E-state index contributed by atoms with van der Waals surface area (Å²) in [5, 5.41) is 4.41. The molecule has 0 bridgehead atoms. The molecule has 94 valence electrons. The second-order valence-corrected chi connectivity index (χ2v) is 4.93. The van der Waals surface area contributed by atoms with Gasteiger partial charge in [0.25, 0.3) is 0 Å². The van der Waals surface area contributed by atoms with Crippen LogP contribution in [0.2, 0.25) is 0 Å². The van der Waals surface area contributed by atoms with Crippen molar-refractivity contribution >= 4 is 22.8 Å². The molecule has 0 aromatic carbocycles. The normalized spacial score (nSPS) is 13.5. The van der Waals surface area contributed by atoms with Gasteiger partial charge >= 0.3 is 0 Å². The lowest BCUT2D eigenvalue weighted by Gasteiger charge is -2.12. The molecule has 0 aliphatic carbocycles. The van der Waals surface area contributed by atoms with Gasteiger partial charge in [0.1, 0.15) is 11.3 Å². The van der Waals surface area contributed by atoms with Gasteiger partial charge in [-0.2, -0.15) is 5.10 Å². The minimum atomic E-state index is 0.449. The molecule has 0 aliphatic rings. The van der Waals surface area contributed by atoms with Gasteiger partial charge in [0.2, 0.25) is 0 Å². The van der Waals surface area contributed by atoms with Crippen molar-refractivity contribution in [3.8, 4) is 0 Å². The van der Waals surface area contributed by atoms with Gasteiger partial charge in [0.15, 0.2) is 5.65 Å². The number of aryl methyl sites for hydroxylation is 2. The zero-order chi connectivity index (χ0) is 12.6. The molecule has 0 saturated heterocycles. The van der Waals surface area contributed by atoms with Crippen LogP contribution in [0.4, 0.5) is 0 Å². The number of rotatable bonds is 4. The van der Waals surface area contributed by atoms with Crippen molar-refractivity contribution in [2.24, 2.45) is 13.0 Å². The third-order valence-corrected chi connectivity index (χ3v) is 3.52. The Morgan fingerprint density at radius 2 is 2.12 bits per heavy atom. The summed E-state index contributed by atoms with van der Waals surface area (Å²) in [4.78, 5) is 4.59. The number of nitrogens with zero attached hydrogens (tertiary/aromatic N) is 4. The molecule has 0 spiro atoms. The molecule has 1 unspecified atom stereocenters. The van der Waals surface area contributed by atoms with Crippen molar-refractivity contribution < 1.29 is 0 Å². The van der Waals surface area contributed by atoms with Crippen molar-refractivity contribution in [2.45, 2.75) is 39.6 Å². The van der Waals surface area contributed by atoms with Crippen LogP contribution in [0.3, 0.4) is 0 Å². The van der Waals surface area contributed by atoms with Crippen molar-refractivity contribution in [3.63, 3.8) is 0 Å². The molecular formula is C12H19ClN4. The molecule has 17 heavy (non-hydrogen) atoms. The topological polar surface area (TPSA) is 35.6 Å². The largest absolute Gasteiger partial charge is 0.312 e. The summed E-state index contributed by atoms with van der Waals surface area (Å²) in [6.45, 7) is 7.38. The van der Waals surface area contributed by atoms with E-state index < -0.39 is 0 Å². The molecular weight excluding hydrogens is 236 g/mol. The predicted molar refractivity (Wildman–Crippen MR) is 70.2 cm³/mol. The molecule has 0 N–H and O–H groups in total. The van der Waals surface area contributed by atoms with E-state index in [-0.39, 0.29) is 0 Å². The molecule has 2 aromatic heterocycles. The number of imidazole rings is 1. The number of hydrogen-bond acceptors (Lipinski definition) is 2. The minimum absolute atomic E-state index is 0.449. The van der Waals surface area contributed by atoms with Crippen LogP contribution < -0.4 is 0 Å². The van der Waals surface area contributed by atoms with Gasteiger partial charge in [-0.3, -0.25) is 4.68 Å². The summed E-state index contributed by atoms with van der Waals surface area (Å²) >= 11 is 5.98. The zero-order valence-corrected chi connectivity index (χ0v) is 11.6. The first-order valence-corrected chi connectivity index (χ1v) is 6.56. The van der Waals surface area contributed by atoms with Crippen LogP contribution in [0.15, 0.2) is 0 Å². The third-order valence-electron chi connectivity index (χ3n) is 3.28. The van der Waals surface area contributed by atoms with Gasteiger partial charge in [-0.25, -0.2) is 4.98 Å². The Balaban J connectivity index is 2.57. The molecule has 0 radical (unpaired) electrons. The number of halogens is 1. The number of alkyl halides is 1. The maximum atomic E-state index is 5.98. The Morgan fingerprint density at radius 1 is 1.41 bits per heavy atom. The molecule has 2 heterocycles. The second-order valence-electron chi connectivity index (χ2n) is 4.67. The van der Waals surface area contributed by atoms with Crippen LogP contribution in [-0.2, 0) is 19.5 Å². The van der Waals surface area contributed by atoms with Crippen LogP contribution in [0.25, 0.3) is 11.2 Å². The molecule has 2 rings (SSSR count). The van der Waals surface area contributed by atoms with E-state index in [1.165, 1.54) is 0 Å². The summed E-state index contributed by atoms with van der Waals surface area (Å²) in [5.41, 5.74) is 3.03. The average Bonchev–Trinajstić information content (AvgIpc) is 2.79. The minimum Gasteiger partial charge on any atom is -0.312 e. The summed E-state index contributed by atoms with van der Waals surface area (Å²) in [7, 11) is 1.96. The first-order chi connectivity index (χ1) is 8.08. The number of fused-ring (bicyclic) bond motifs is 1. The van der Waals surface area contributed by atoms with Crippen LogP contribution in [0, 0.1) is 12.8 Å². The zero-order valence-electron chi connectivity index (χ0n) is 10.9. The van der Waals surface area contributed by atoms with E-state index in [4.69, 9.17) is 11.6 Å². The van der Waals surface area contributed by atoms with Crippen LogP contribution in [-0.4, -0.2) is 19.3 Å². The highest BCUT2D eigenvalue weighted by Crippen LogP contribution is 2.21. The lowest BCUT2D eigenvalue weighted by Crippen LogP contribution is -2.11. The summed E-state index contributed by atoms with van der Waals surface area (Å²) in [6, 6.07) is 0. The maximum absolute atomic E-state index is 5.98. The SMILES string of the molecule is CCC(C)Cn1c(CCl)nc2c(C)nn(C)c21. The monoisotopic (exact) mass is 254 g/mol. The van der Waals surface area contributed by atoms with Gasteiger partial charge < -0.3 is 4.57 Å². The van der Waals surface area contributed by atoms with Crippen LogP contribution in [0.5, 0.6) is 0 Å². The molecule has 2 aromatic rings. The highest BCUT2D eigenvalue weighted by atomic mass is 35.5. The average molecular weight is 255 g/mol. The van der Waals surface area contributed by atoms with Crippen molar-refractivity contribution in [3.05, 3.63) is 11.5 Å². The van der Waals surface area contributed by atoms with E-state index in [9.17, 15) is 0 Å². The maximum Gasteiger partial charge on any atom is 0.158 e. The lowest BCUT2D eigenvalue weighted by molar-refractivity contribution is 0.463. The number of aromatic nitrogens is 4.